The van der Waals surface area contributed by atoms with Gasteiger partial charge in [0.05, 0.1) is 4.90 Å². The maximum Gasteiger partial charge on any atom is 0.267 e. The zero-order chi connectivity index (χ0) is 20.3. The van der Waals surface area contributed by atoms with Crippen molar-refractivity contribution in [2.45, 2.75) is 16.5 Å². The Labute approximate surface area is 164 Å². The van der Waals surface area contributed by atoms with Crippen LogP contribution in [0.5, 0.6) is 0 Å². The lowest BCUT2D eigenvalue weighted by molar-refractivity contribution is -0.117. The Hall–Kier alpha value is -3.04. The maximum absolute atomic E-state index is 12.9. The molecule has 2 aromatic carbocycles. The van der Waals surface area contributed by atoms with Crippen molar-refractivity contribution >= 4 is 33.0 Å². The zero-order valence-corrected chi connectivity index (χ0v) is 15.7. The molecule has 144 valence electrons. The number of nitrogens with zero attached hydrogens (tertiary/aromatic N) is 2. The highest BCUT2D eigenvalue weighted by atomic mass is 35.5. The quantitative estimate of drug-likeness (QED) is 0.682. The average Bonchev–Trinajstić information content (AvgIpc) is 2.65. The molecule has 0 aliphatic heterocycles. The van der Waals surface area contributed by atoms with Crippen LogP contribution in [0.3, 0.4) is 0 Å². The number of aromatic nitrogens is 2. The van der Waals surface area contributed by atoms with Crippen molar-refractivity contribution < 1.29 is 17.6 Å². The van der Waals surface area contributed by atoms with Crippen molar-refractivity contribution in [2.75, 3.05) is 5.32 Å². The van der Waals surface area contributed by atoms with Crippen molar-refractivity contribution in [3.05, 3.63) is 81.9 Å². The van der Waals surface area contributed by atoms with E-state index in [4.69, 9.17) is 11.6 Å². The number of rotatable bonds is 5. The largest absolute Gasteiger partial charge is 0.324 e. The van der Waals surface area contributed by atoms with Crippen LogP contribution in [0.4, 0.5) is 10.1 Å². The van der Waals surface area contributed by atoms with E-state index in [-0.39, 0.29) is 9.92 Å². The van der Waals surface area contributed by atoms with Gasteiger partial charge in [-0.15, -0.1) is 0 Å². The number of hydrogen-bond acceptors (Lipinski definition) is 5. The summed E-state index contributed by atoms with van der Waals surface area (Å²) in [6.07, 6.45) is 0. The number of nitrogens with one attached hydrogen (secondary N) is 1. The lowest BCUT2D eigenvalue weighted by atomic mass is 10.3. The van der Waals surface area contributed by atoms with Gasteiger partial charge in [-0.25, -0.2) is 17.5 Å². The molecule has 1 aromatic heterocycles. The summed E-state index contributed by atoms with van der Waals surface area (Å²) >= 11 is 5.77. The summed E-state index contributed by atoms with van der Waals surface area (Å²) in [5.41, 5.74) is -0.325. The van der Waals surface area contributed by atoms with Crippen LogP contribution < -0.4 is 10.9 Å². The van der Waals surface area contributed by atoms with Crippen molar-refractivity contribution in [3.63, 3.8) is 0 Å². The molecule has 1 amide bonds. The van der Waals surface area contributed by atoms with Gasteiger partial charge in [0.25, 0.3) is 5.56 Å². The SMILES string of the molecule is O=C(Cn1nc(S(=O)(=O)c2ccc(Cl)cc2)ccc1=O)Nc1ccc(F)cc1. The Kier molecular flexibility index (Phi) is 5.57. The van der Waals surface area contributed by atoms with Gasteiger partial charge in [0.1, 0.15) is 12.4 Å². The number of carbonyl (C=O) groups excluding carboxylic acids is 1. The Bertz CT molecular complexity index is 1180. The molecule has 0 radical (unpaired) electrons. The summed E-state index contributed by atoms with van der Waals surface area (Å²) in [5, 5.41) is 6.26. The van der Waals surface area contributed by atoms with Crippen LogP contribution >= 0.6 is 11.6 Å². The third-order valence-electron chi connectivity index (χ3n) is 3.66. The smallest absolute Gasteiger partial charge is 0.267 e. The van der Waals surface area contributed by atoms with Crippen LogP contribution in [0.25, 0.3) is 0 Å². The van der Waals surface area contributed by atoms with Crippen molar-refractivity contribution in [1.29, 1.82) is 0 Å². The summed E-state index contributed by atoms with van der Waals surface area (Å²) in [7, 11) is -4.00. The Morgan fingerprint density at radius 2 is 1.68 bits per heavy atom. The number of halogens is 2. The summed E-state index contributed by atoms with van der Waals surface area (Å²) in [6.45, 7) is -0.514. The van der Waals surface area contributed by atoms with E-state index in [0.717, 1.165) is 16.8 Å². The molecule has 28 heavy (non-hydrogen) atoms. The van der Waals surface area contributed by atoms with Gasteiger partial charge in [-0.3, -0.25) is 9.59 Å². The van der Waals surface area contributed by atoms with E-state index in [1.54, 1.807) is 0 Å². The van der Waals surface area contributed by atoms with Crippen molar-refractivity contribution in [3.8, 4) is 0 Å². The third-order valence-corrected chi connectivity index (χ3v) is 5.58. The minimum absolute atomic E-state index is 0.0506. The number of benzene rings is 2. The monoisotopic (exact) mass is 421 g/mol. The molecule has 0 aliphatic rings. The van der Waals surface area contributed by atoms with Crippen LogP contribution in [0, 0.1) is 5.82 Å². The lowest BCUT2D eigenvalue weighted by Crippen LogP contribution is -2.30. The molecule has 0 spiro atoms. The standard InChI is InChI=1S/C18H13ClFN3O4S/c19-12-1-7-15(8-2-12)28(26,27)17-9-10-18(25)23(22-17)11-16(24)21-14-5-3-13(20)4-6-14/h1-10H,11H2,(H,21,24). The van der Waals surface area contributed by atoms with E-state index in [0.29, 0.717) is 10.7 Å². The molecule has 0 unspecified atom stereocenters. The first kappa shape index (κ1) is 19.7. The number of sulfone groups is 1. The minimum Gasteiger partial charge on any atom is -0.324 e. The Morgan fingerprint density at radius 3 is 2.32 bits per heavy atom. The van der Waals surface area contributed by atoms with E-state index in [1.807, 2.05) is 0 Å². The van der Waals surface area contributed by atoms with E-state index in [1.165, 1.54) is 48.5 Å². The van der Waals surface area contributed by atoms with Gasteiger partial charge in [-0.1, -0.05) is 11.6 Å². The van der Waals surface area contributed by atoms with Crippen LogP contribution in [0.2, 0.25) is 5.02 Å². The molecule has 10 heteroatoms. The van der Waals surface area contributed by atoms with Gasteiger partial charge < -0.3 is 5.32 Å². The average molecular weight is 422 g/mol. The van der Waals surface area contributed by atoms with Crippen LogP contribution in [0.15, 0.2) is 75.4 Å². The fraction of sp³-hybridized carbons (Fsp3) is 0.0556. The fourth-order valence-corrected chi connectivity index (χ4v) is 3.61. The van der Waals surface area contributed by atoms with Crippen molar-refractivity contribution in [2.24, 2.45) is 0 Å². The van der Waals surface area contributed by atoms with E-state index >= 15 is 0 Å². The molecule has 0 bridgehead atoms. The van der Waals surface area contributed by atoms with Gasteiger partial charge in [0, 0.05) is 16.8 Å². The van der Waals surface area contributed by atoms with E-state index < -0.39 is 33.7 Å². The molecular formula is C18H13ClFN3O4S. The van der Waals surface area contributed by atoms with Gasteiger partial charge in [-0.2, -0.15) is 5.10 Å². The minimum atomic E-state index is -4.00. The third kappa shape index (κ3) is 4.44. The highest BCUT2D eigenvalue weighted by Crippen LogP contribution is 2.20. The molecule has 0 aliphatic carbocycles. The first-order chi connectivity index (χ1) is 13.3. The second-order valence-electron chi connectivity index (χ2n) is 5.68. The molecule has 1 heterocycles. The van der Waals surface area contributed by atoms with Crippen LogP contribution in [-0.4, -0.2) is 24.1 Å². The number of anilines is 1. The normalized spacial score (nSPS) is 11.2. The first-order valence-electron chi connectivity index (χ1n) is 7.90. The molecule has 3 rings (SSSR count). The highest BCUT2D eigenvalue weighted by molar-refractivity contribution is 7.91. The molecule has 0 saturated heterocycles. The van der Waals surface area contributed by atoms with Gasteiger partial charge in [-0.05, 0) is 54.6 Å². The predicted octanol–water partition coefficient (Wildman–Crippen LogP) is 2.51. The van der Waals surface area contributed by atoms with Gasteiger partial charge in [0.2, 0.25) is 15.7 Å². The summed E-state index contributed by atoms with van der Waals surface area (Å²) < 4.78 is 39.0. The number of hydrogen-bond donors (Lipinski definition) is 1. The molecule has 0 fully saturated rings. The molecule has 7 nitrogen and oxygen atoms in total. The van der Waals surface area contributed by atoms with Crippen LogP contribution in [0.1, 0.15) is 0 Å². The fourth-order valence-electron chi connectivity index (χ4n) is 2.29. The second kappa shape index (κ2) is 7.91. The lowest BCUT2D eigenvalue weighted by Gasteiger charge is -2.09. The highest BCUT2D eigenvalue weighted by Gasteiger charge is 2.21. The summed E-state index contributed by atoms with van der Waals surface area (Å²) in [5.74, 6) is -1.08. The molecule has 3 aromatic rings. The molecule has 0 saturated carbocycles. The Balaban J connectivity index is 1.85. The van der Waals surface area contributed by atoms with Gasteiger partial charge in [0.15, 0.2) is 5.03 Å². The second-order valence-corrected chi connectivity index (χ2v) is 8.01. The van der Waals surface area contributed by atoms with E-state index in [9.17, 15) is 22.4 Å². The zero-order valence-electron chi connectivity index (χ0n) is 14.2. The topological polar surface area (TPSA) is 98.1 Å². The summed E-state index contributed by atoms with van der Waals surface area (Å²) in [6, 6.07) is 12.6. The Morgan fingerprint density at radius 1 is 1.04 bits per heavy atom. The van der Waals surface area contributed by atoms with Crippen LogP contribution in [-0.2, 0) is 21.2 Å². The molecular weight excluding hydrogens is 409 g/mol. The summed E-state index contributed by atoms with van der Waals surface area (Å²) in [4.78, 5) is 24.0. The predicted molar refractivity (Wildman–Crippen MR) is 100 cm³/mol. The number of amides is 1. The number of carbonyl (C=O) groups is 1. The molecule has 1 N–H and O–H groups in total. The maximum atomic E-state index is 12.9. The van der Waals surface area contributed by atoms with Crippen molar-refractivity contribution in [1.82, 2.24) is 9.78 Å². The van der Waals surface area contributed by atoms with E-state index in [2.05, 4.69) is 10.4 Å². The van der Waals surface area contributed by atoms with Gasteiger partial charge >= 0.3 is 0 Å². The molecule has 0 atom stereocenters. The first-order valence-corrected chi connectivity index (χ1v) is 9.76.